The van der Waals surface area contributed by atoms with E-state index in [0.717, 1.165) is 0 Å². The van der Waals surface area contributed by atoms with Gasteiger partial charge in [0.2, 0.25) is 0 Å². The SMILES string of the molecule is CCC(NC(=O)N1CCOC(CO)C1)C(=O)O. The molecule has 17 heavy (non-hydrogen) atoms. The van der Waals surface area contributed by atoms with Gasteiger partial charge >= 0.3 is 12.0 Å². The number of aliphatic carboxylic acids is 1. The van der Waals surface area contributed by atoms with Crippen LogP contribution in [0.2, 0.25) is 0 Å². The number of hydrogen-bond acceptors (Lipinski definition) is 4. The maximum Gasteiger partial charge on any atom is 0.326 e. The molecule has 0 radical (unpaired) electrons. The molecule has 0 bridgehead atoms. The van der Waals surface area contributed by atoms with Crippen LogP contribution in [0, 0.1) is 0 Å². The molecule has 0 aromatic heterocycles. The minimum Gasteiger partial charge on any atom is -0.480 e. The van der Waals surface area contributed by atoms with Crippen molar-refractivity contribution in [1.82, 2.24) is 10.2 Å². The molecule has 1 heterocycles. The van der Waals surface area contributed by atoms with Crippen LogP contribution >= 0.6 is 0 Å². The normalized spacial score (nSPS) is 22.0. The Morgan fingerprint density at radius 3 is 2.82 bits per heavy atom. The van der Waals surface area contributed by atoms with Crippen LogP contribution in [0.1, 0.15) is 13.3 Å². The summed E-state index contributed by atoms with van der Waals surface area (Å²) in [6, 6.07) is -1.31. The van der Waals surface area contributed by atoms with Crippen molar-refractivity contribution in [3.05, 3.63) is 0 Å². The predicted octanol–water partition coefficient (Wildman–Crippen LogP) is -0.748. The molecular weight excluding hydrogens is 228 g/mol. The summed E-state index contributed by atoms with van der Waals surface area (Å²) in [6.45, 7) is 2.56. The second-order valence-corrected chi connectivity index (χ2v) is 3.87. The van der Waals surface area contributed by atoms with Crippen molar-refractivity contribution in [1.29, 1.82) is 0 Å². The largest absolute Gasteiger partial charge is 0.480 e. The third-order valence-electron chi connectivity index (χ3n) is 2.63. The lowest BCUT2D eigenvalue weighted by molar-refractivity contribution is -0.139. The van der Waals surface area contributed by atoms with Gasteiger partial charge in [-0.25, -0.2) is 9.59 Å². The molecule has 0 spiro atoms. The van der Waals surface area contributed by atoms with Gasteiger partial charge in [-0.3, -0.25) is 0 Å². The lowest BCUT2D eigenvalue weighted by atomic mass is 10.2. The Morgan fingerprint density at radius 1 is 1.59 bits per heavy atom. The number of ether oxygens (including phenoxy) is 1. The van der Waals surface area contributed by atoms with Gasteiger partial charge in [-0.15, -0.1) is 0 Å². The lowest BCUT2D eigenvalue weighted by Crippen LogP contribution is -2.53. The number of urea groups is 1. The van der Waals surface area contributed by atoms with Crippen LogP contribution in [0.25, 0.3) is 0 Å². The van der Waals surface area contributed by atoms with Gasteiger partial charge < -0.3 is 25.2 Å². The van der Waals surface area contributed by atoms with Crippen LogP contribution in [-0.4, -0.2) is 65.6 Å². The molecule has 1 saturated heterocycles. The molecule has 1 aliphatic heterocycles. The van der Waals surface area contributed by atoms with Crippen molar-refractivity contribution in [2.75, 3.05) is 26.3 Å². The minimum atomic E-state index is -1.05. The molecule has 2 unspecified atom stereocenters. The number of carboxylic acid groups (broad SMARTS) is 1. The first-order valence-electron chi connectivity index (χ1n) is 5.59. The van der Waals surface area contributed by atoms with Crippen LogP contribution < -0.4 is 5.32 Å². The average molecular weight is 246 g/mol. The molecular formula is C10H18N2O5. The van der Waals surface area contributed by atoms with E-state index in [2.05, 4.69) is 5.32 Å². The van der Waals surface area contributed by atoms with E-state index < -0.39 is 18.0 Å². The summed E-state index contributed by atoms with van der Waals surface area (Å²) in [5.74, 6) is -1.05. The van der Waals surface area contributed by atoms with Gasteiger partial charge in [0.1, 0.15) is 6.04 Å². The minimum absolute atomic E-state index is 0.153. The van der Waals surface area contributed by atoms with E-state index in [1.54, 1.807) is 6.92 Å². The molecule has 3 N–H and O–H groups in total. The van der Waals surface area contributed by atoms with Crippen molar-refractivity contribution < 1.29 is 24.5 Å². The van der Waals surface area contributed by atoms with E-state index in [-0.39, 0.29) is 19.3 Å². The lowest BCUT2D eigenvalue weighted by Gasteiger charge is -2.32. The molecule has 98 valence electrons. The number of amides is 2. The number of nitrogens with one attached hydrogen (secondary N) is 1. The first kappa shape index (κ1) is 13.7. The van der Waals surface area contributed by atoms with E-state index in [9.17, 15) is 9.59 Å². The second kappa shape index (κ2) is 6.41. The molecule has 2 amide bonds. The number of carboxylic acids is 1. The summed E-state index contributed by atoms with van der Waals surface area (Å²) < 4.78 is 5.20. The van der Waals surface area contributed by atoms with Gasteiger partial charge in [0, 0.05) is 6.54 Å². The smallest absolute Gasteiger partial charge is 0.326 e. The number of aliphatic hydroxyl groups is 1. The maximum atomic E-state index is 11.7. The Balaban J connectivity index is 2.48. The predicted molar refractivity (Wildman–Crippen MR) is 58.6 cm³/mol. The summed E-state index contributed by atoms with van der Waals surface area (Å²) in [6.07, 6.45) is -0.0612. The number of nitrogens with zero attached hydrogens (tertiary/aromatic N) is 1. The van der Waals surface area contributed by atoms with Crippen LogP contribution in [-0.2, 0) is 9.53 Å². The van der Waals surface area contributed by atoms with E-state index in [4.69, 9.17) is 14.9 Å². The van der Waals surface area contributed by atoms with Crippen molar-refractivity contribution in [3.63, 3.8) is 0 Å². The summed E-state index contributed by atoms with van der Waals surface area (Å²) >= 11 is 0. The number of rotatable bonds is 4. The fraction of sp³-hybridized carbons (Fsp3) is 0.800. The van der Waals surface area contributed by atoms with E-state index >= 15 is 0 Å². The summed E-state index contributed by atoms with van der Waals surface area (Å²) in [4.78, 5) is 24.0. The fourth-order valence-corrected chi connectivity index (χ4v) is 1.59. The second-order valence-electron chi connectivity index (χ2n) is 3.87. The van der Waals surface area contributed by atoms with E-state index in [1.807, 2.05) is 0 Å². The fourth-order valence-electron chi connectivity index (χ4n) is 1.59. The molecule has 1 rings (SSSR count). The molecule has 2 atom stereocenters. The van der Waals surface area contributed by atoms with E-state index in [0.29, 0.717) is 19.6 Å². The highest BCUT2D eigenvalue weighted by Gasteiger charge is 2.26. The van der Waals surface area contributed by atoms with Crippen molar-refractivity contribution >= 4 is 12.0 Å². The van der Waals surface area contributed by atoms with Crippen molar-refractivity contribution in [3.8, 4) is 0 Å². The molecule has 7 nitrogen and oxygen atoms in total. The first-order valence-corrected chi connectivity index (χ1v) is 5.59. The van der Waals surface area contributed by atoms with Gasteiger partial charge in [-0.05, 0) is 6.42 Å². The quantitative estimate of drug-likeness (QED) is 0.606. The number of carbonyl (C=O) groups is 2. The monoisotopic (exact) mass is 246 g/mol. The van der Waals surface area contributed by atoms with Crippen LogP contribution in [0.3, 0.4) is 0 Å². The summed E-state index contributed by atoms with van der Waals surface area (Å²) in [5.41, 5.74) is 0. The Hall–Kier alpha value is -1.34. The molecule has 0 aliphatic carbocycles. The third-order valence-corrected chi connectivity index (χ3v) is 2.63. The van der Waals surface area contributed by atoms with Gasteiger partial charge in [0.15, 0.2) is 0 Å². The molecule has 0 aromatic carbocycles. The van der Waals surface area contributed by atoms with Gasteiger partial charge in [0.25, 0.3) is 0 Å². The van der Waals surface area contributed by atoms with Gasteiger partial charge in [-0.2, -0.15) is 0 Å². The molecule has 1 aliphatic rings. The summed E-state index contributed by atoms with van der Waals surface area (Å²) in [5, 5.41) is 20.2. The molecule has 7 heteroatoms. The van der Waals surface area contributed by atoms with Crippen LogP contribution in [0.4, 0.5) is 4.79 Å². The summed E-state index contributed by atoms with van der Waals surface area (Å²) in [7, 11) is 0. The standard InChI is InChI=1S/C10H18N2O5/c1-2-8(9(14)15)11-10(16)12-3-4-17-7(5-12)6-13/h7-8,13H,2-6H2,1H3,(H,11,16)(H,14,15). The number of carbonyl (C=O) groups excluding carboxylic acids is 1. The van der Waals surface area contributed by atoms with Crippen molar-refractivity contribution in [2.24, 2.45) is 0 Å². The van der Waals surface area contributed by atoms with Crippen molar-refractivity contribution in [2.45, 2.75) is 25.5 Å². The number of aliphatic hydroxyl groups excluding tert-OH is 1. The van der Waals surface area contributed by atoms with Crippen LogP contribution in [0.5, 0.6) is 0 Å². The molecule has 1 fully saturated rings. The Labute approximate surface area is 99.4 Å². The molecule has 0 saturated carbocycles. The Morgan fingerprint density at radius 2 is 2.29 bits per heavy atom. The Bertz CT molecular complexity index is 284. The topological polar surface area (TPSA) is 99.1 Å². The highest BCUT2D eigenvalue weighted by atomic mass is 16.5. The molecule has 0 aromatic rings. The van der Waals surface area contributed by atoms with Gasteiger partial charge in [0.05, 0.1) is 25.9 Å². The zero-order valence-electron chi connectivity index (χ0n) is 9.76. The zero-order chi connectivity index (χ0) is 12.8. The van der Waals surface area contributed by atoms with E-state index in [1.165, 1.54) is 4.90 Å². The third kappa shape index (κ3) is 3.86. The first-order chi connectivity index (χ1) is 8.08. The number of morpholine rings is 1. The maximum absolute atomic E-state index is 11.7. The zero-order valence-corrected chi connectivity index (χ0v) is 9.76. The average Bonchev–Trinajstić information content (AvgIpc) is 2.35. The highest BCUT2D eigenvalue weighted by molar-refractivity contribution is 5.82. The van der Waals surface area contributed by atoms with Crippen LogP contribution in [0.15, 0.2) is 0 Å². The Kier molecular flexibility index (Phi) is 5.17. The number of hydrogen-bond donors (Lipinski definition) is 3. The van der Waals surface area contributed by atoms with Gasteiger partial charge in [-0.1, -0.05) is 6.92 Å². The highest BCUT2D eigenvalue weighted by Crippen LogP contribution is 2.05.